The molecule has 1 unspecified atom stereocenters. The Hall–Kier alpha value is -3.67. The molecule has 448 valence electrons. The normalized spacial score (nSPS) is 12.7. The van der Waals surface area contributed by atoms with Gasteiger partial charge in [-0.05, 0) is 103 Å². The number of esters is 3. The summed E-state index contributed by atoms with van der Waals surface area (Å²) < 4.78 is 16.9. The number of unbranched alkanes of at least 4 members (excludes halogenated alkanes) is 33. The minimum absolute atomic E-state index is 0.0854. The number of hydrogen-bond donors (Lipinski definition) is 0. The predicted molar refractivity (Wildman–Crippen MR) is 339 cm³/mol. The highest BCUT2D eigenvalue weighted by Crippen LogP contribution is 2.17. The largest absolute Gasteiger partial charge is 0.462 e. The number of ether oxygens (including phenoxy) is 3. The molecule has 6 nitrogen and oxygen atoms in total. The molecule has 0 aromatic carbocycles. The Labute approximate surface area is 483 Å². The van der Waals surface area contributed by atoms with Crippen molar-refractivity contribution >= 4 is 17.9 Å². The fourth-order valence-corrected chi connectivity index (χ4v) is 9.36. The molecule has 0 spiro atoms. The van der Waals surface area contributed by atoms with Crippen LogP contribution in [0.4, 0.5) is 0 Å². The fourth-order valence-electron chi connectivity index (χ4n) is 9.36. The molecule has 0 bridgehead atoms. The van der Waals surface area contributed by atoms with E-state index < -0.39 is 6.10 Å². The average molecular weight is 1090 g/mol. The molecular formula is C72H124O6. The van der Waals surface area contributed by atoms with Crippen LogP contribution in [0.15, 0.2) is 97.2 Å². The Morgan fingerprint density at radius 3 is 0.782 bits per heavy atom. The third kappa shape index (κ3) is 63.2. The van der Waals surface area contributed by atoms with Crippen molar-refractivity contribution in [3.8, 4) is 0 Å². The number of carbonyl (C=O) groups excluding carboxylic acids is 3. The summed E-state index contributed by atoms with van der Waals surface area (Å²) in [4.78, 5) is 38.3. The quantitative estimate of drug-likeness (QED) is 0.0261. The summed E-state index contributed by atoms with van der Waals surface area (Å²) in [5.41, 5.74) is 0. The summed E-state index contributed by atoms with van der Waals surface area (Å²) in [6.45, 7) is 6.51. The first-order valence-corrected chi connectivity index (χ1v) is 33.2. The van der Waals surface area contributed by atoms with Crippen molar-refractivity contribution < 1.29 is 28.6 Å². The van der Waals surface area contributed by atoms with E-state index in [-0.39, 0.29) is 31.1 Å². The number of hydrogen-bond acceptors (Lipinski definition) is 6. The topological polar surface area (TPSA) is 78.9 Å². The zero-order valence-electron chi connectivity index (χ0n) is 51.4. The molecule has 0 N–H and O–H groups in total. The van der Waals surface area contributed by atoms with Crippen LogP contribution in [0.5, 0.6) is 0 Å². The summed E-state index contributed by atoms with van der Waals surface area (Å²) in [5, 5.41) is 0. The van der Waals surface area contributed by atoms with Crippen LogP contribution in [0.25, 0.3) is 0 Å². The summed E-state index contributed by atoms with van der Waals surface area (Å²) in [6.07, 6.45) is 88.6. The SMILES string of the molecule is CC/C=C\C/C=C\C/C=C\C/C=C\C/C=C\C/C=C\CCCCCCC(=O)OC(COC(=O)CCCCCCCCCCCC)COC(=O)CCCCCCCCCCCCCCCCC/C=C\C/C=C\CCCCCCC. The minimum Gasteiger partial charge on any atom is -0.462 e. The van der Waals surface area contributed by atoms with E-state index in [2.05, 4.69) is 118 Å². The summed E-state index contributed by atoms with van der Waals surface area (Å²) in [7, 11) is 0. The van der Waals surface area contributed by atoms with E-state index in [1.165, 1.54) is 167 Å². The van der Waals surface area contributed by atoms with Crippen LogP contribution < -0.4 is 0 Å². The van der Waals surface area contributed by atoms with Crippen LogP contribution in [-0.4, -0.2) is 37.2 Å². The second kappa shape index (κ2) is 65.8. The van der Waals surface area contributed by atoms with Crippen molar-refractivity contribution in [2.24, 2.45) is 0 Å². The van der Waals surface area contributed by atoms with Gasteiger partial charge in [0.15, 0.2) is 6.10 Å². The fraction of sp³-hybridized carbons (Fsp3) is 0.736. The highest BCUT2D eigenvalue weighted by Gasteiger charge is 2.19. The van der Waals surface area contributed by atoms with Crippen LogP contribution in [0, 0.1) is 0 Å². The first kappa shape index (κ1) is 74.3. The van der Waals surface area contributed by atoms with Gasteiger partial charge in [0.1, 0.15) is 13.2 Å². The molecule has 0 aromatic heterocycles. The lowest BCUT2D eigenvalue weighted by Crippen LogP contribution is -2.30. The lowest BCUT2D eigenvalue weighted by Gasteiger charge is -2.18. The molecule has 78 heavy (non-hydrogen) atoms. The molecule has 0 aliphatic rings. The Bertz CT molecular complexity index is 1530. The third-order valence-electron chi connectivity index (χ3n) is 14.3. The van der Waals surface area contributed by atoms with Gasteiger partial charge in [0.25, 0.3) is 0 Å². The lowest BCUT2D eigenvalue weighted by atomic mass is 10.0. The van der Waals surface area contributed by atoms with Gasteiger partial charge >= 0.3 is 17.9 Å². The van der Waals surface area contributed by atoms with Crippen molar-refractivity contribution in [3.63, 3.8) is 0 Å². The van der Waals surface area contributed by atoms with Gasteiger partial charge in [-0.1, -0.05) is 298 Å². The second-order valence-corrected chi connectivity index (χ2v) is 22.0. The Morgan fingerprint density at radius 1 is 0.269 bits per heavy atom. The second-order valence-electron chi connectivity index (χ2n) is 22.0. The smallest absolute Gasteiger partial charge is 0.306 e. The monoisotopic (exact) mass is 1080 g/mol. The number of carbonyl (C=O) groups is 3. The maximum absolute atomic E-state index is 12.9. The summed E-state index contributed by atoms with van der Waals surface area (Å²) >= 11 is 0. The Balaban J connectivity index is 4.26. The molecule has 0 aromatic rings. The van der Waals surface area contributed by atoms with Gasteiger partial charge in [-0.2, -0.15) is 0 Å². The molecule has 0 rings (SSSR count). The molecule has 0 saturated heterocycles. The first-order chi connectivity index (χ1) is 38.5. The van der Waals surface area contributed by atoms with Gasteiger partial charge in [-0.3, -0.25) is 14.4 Å². The van der Waals surface area contributed by atoms with Gasteiger partial charge in [0, 0.05) is 19.3 Å². The number of rotatable bonds is 60. The highest BCUT2D eigenvalue weighted by atomic mass is 16.6. The van der Waals surface area contributed by atoms with Gasteiger partial charge in [-0.25, -0.2) is 0 Å². The molecular weight excluding hydrogens is 961 g/mol. The van der Waals surface area contributed by atoms with E-state index in [4.69, 9.17) is 14.2 Å². The predicted octanol–water partition coefficient (Wildman–Crippen LogP) is 22.8. The zero-order valence-corrected chi connectivity index (χ0v) is 51.4. The third-order valence-corrected chi connectivity index (χ3v) is 14.3. The number of allylic oxidation sites excluding steroid dienone is 16. The zero-order chi connectivity index (χ0) is 56.4. The van der Waals surface area contributed by atoms with Gasteiger partial charge in [0.2, 0.25) is 0 Å². The van der Waals surface area contributed by atoms with E-state index in [0.29, 0.717) is 19.3 Å². The van der Waals surface area contributed by atoms with Crippen LogP contribution >= 0.6 is 0 Å². The molecule has 0 aliphatic carbocycles. The summed E-state index contributed by atoms with van der Waals surface area (Å²) in [5.74, 6) is -0.901. The van der Waals surface area contributed by atoms with Crippen molar-refractivity contribution in [2.75, 3.05) is 13.2 Å². The van der Waals surface area contributed by atoms with Crippen LogP contribution in [-0.2, 0) is 28.6 Å². The summed E-state index contributed by atoms with van der Waals surface area (Å²) in [6, 6.07) is 0. The van der Waals surface area contributed by atoms with Crippen LogP contribution in [0.1, 0.15) is 323 Å². The van der Waals surface area contributed by atoms with Crippen LogP contribution in [0.2, 0.25) is 0 Å². The van der Waals surface area contributed by atoms with Crippen LogP contribution in [0.3, 0.4) is 0 Å². The minimum atomic E-state index is -0.791. The van der Waals surface area contributed by atoms with E-state index in [9.17, 15) is 14.4 Å². The van der Waals surface area contributed by atoms with Crippen molar-refractivity contribution in [2.45, 2.75) is 329 Å². The van der Waals surface area contributed by atoms with E-state index in [1.807, 2.05) is 0 Å². The maximum atomic E-state index is 12.9. The van der Waals surface area contributed by atoms with E-state index >= 15 is 0 Å². The molecule has 0 aliphatic heterocycles. The van der Waals surface area contributed by atoms with Gasteiger partial charge < -0.3 is 14.2 Å². The average Bonchev–Trinajstić information content (AvgIpc) is 3.44. The standard InChI is InChI=1S/C72H124O6/c1-4-7-10-13-16-19-22-24-26-28-30-32-34-35-36-37-39-40-42-44-46-48-50-53-56-59-62-65-71(74)77-68-69(67-76-70(73)64-61-58-55-52-21-18-15-12-9-6-3)78-72(75)66-63-60-57-54-51-49-47-45-43-41-38-33-31-29-27-25-23-20-17-14-11-8-5-2/h8,11,17,20,22,24-25,27-28,30-31,33,41,43,47,49,69H,4-7,9-10,12-16,18-19,21,23,26,29,32,34-40,42,44-46,48,50-68H2,1-3H3/b11-8-,20-17-,24-22-,27-25-,30-28-,33-31-,43-41-,49-47-. The molecule has 0 fully saturated rings. The first-order valence-electron chi connectivity index (χ1n) is 33.2. The van der Waals surface area contributed by atoms with Crippen molar-refractivity contribution in [1.82, 2.24) is 0 Å². The van der Waals surface area contributed by atoms with E-state index in [1.54, 1.807) is 0 Å². The molecule has 0 saturated carbocycles. The lowest BCUT2D eigenvalue weighted by molar-refractivity contribution is -0.167. The highest BCUT2D eigenvalue weighted by molar-refractivity contribution is 5.71. The van der Waals surface area contributed by atoms with Gasteiger partial charge in [0.05, 0.1) is 0 Å². The molecule has 0 amide bonds. The molecule has 6 heteroatoms. The Kier molecular flexibility index (Phi) is 62.7. The van der Waals surface area contributed by atoms with Crippen molar-refractivity contribution in [1.29, 1.82) is 0 Å². The molecule has 0 heterocycles. The van der Waals surface area contributed by atoms with Crippen molar-refractivity contribution in [3.05, 3.63) is 97.2 Å². The maximum Gasteiger partial charge on any atom is 0.306 e. The van der Waals surface area contributed by atoms with Gasteiger partial charge in [-0.15, -0.1) is 0 Å². The molecule has 0 radical (unpaired) electrons. The molecule has 1 atom stereocenters. The van der Waals surface area contributed by atoms with E-state index in [0.717, 1.165) is 116 Å². The Morgan fingerprint density at radius 2 is 0.500 bits per heavy atom.